The molecule has 6 nitrogen and oxygen atoms in total. The fourth-order valence-corrected chi connectivity index (χ4v) is 3.77. The standard InChI is InChI=1S/C22H41O6P/c1-4-5-6-7-8-9-10-11-12-13-14-15-16-17-18-19-21(23)27-29(25,26)28-22(24)20(2)3/h2,4-19H2,1,3H3,(H,25,26). The Hall–Kier alpha value is -1.13. The topological polar surface area (TPSA) is 89.9 Å². The fourth-order valence-electron chi connectivity index (χ4n) is 3.02. The first kappa shape index (κ1) is 27.9. The third kappa shape index (κ3) is 18.6. The SMILES string of the molecule is C=C(C)C(=O)OP(=O)(O)OC(=O)CCCCCCCCCCCCCCCCC. The lowest BCUT2D eigenvalue weighted by Gasteiger charge is -2.11. The molecule has 0 aromatic carbocycles. The molecule has 1 N–H and O–H groups in total. The second-order valence-corrected chi connectivity index (χ2v) is 9.09. The molecule has 0 aromatic heterocycles. The van der Waals surface area contributed by atoms with Crippen LogP contribution in [0.3, 0.4) is 0 Å². The fraction of sp³-hybridized carbons (Fsp3) is 0.818. The van der Waals surface area contributed by atoms with E-state index in [4.69, 9.17) is 0 Å². The number of carbonyl (C=O) groups excluding carboxylic acids is 2. The molecule has 0 saturated carbocycles. The Labute approximate surface area is 177 Å². The van der Waals surface area contributed by atoms with E-state index in [0.717, 1.165) is 19.3 Å². The predicted molar refractivity (Wildman–Crippen MR) is 116 cm³/mol. The number of phosphoric ester groups is 1. The van der Waals surface area contributed by atoms with Gasteiger partial charge in [0.15, 0.2) is 0 Å². The minimum Gasteiger partial charge on any atom is -0.361 e. The molecule has 7 heteroatoms. The van der Waals surface area contributed by atoms with Gasteiger partial charge in [0.05, 0.1) is 0 Å². The zero-order valence-electron chi connectivity index (χ0n) is 18.5. The Morgan fingerprint density at radius 1 is 0.759 bits per heavy atom. The van der Waals surface area contributed by atoms with Gasteiger partial charge in [-0.3, -0.25) is 9.69 Å². The molecular formula is C22H41O6P. The van der Waals surface area contributed by atoms with Gasteiger partial charge in [-0.25, -0.2) is 9.36 Å². The number of hydrogen-bond donors (Lipinski definition) is 1. The van der Waals surface area contributed by atoms with Crippen LogP contribution >= 0.6 is 7.82 Å². The van der Waals surface area contributed by atoms with E-state index in [0.29, 0.717) is 6.42 Å². The Morgan fingerprint density at radius 2 is 1.14 bits per heavy atom. The molecule has 0 bridgehead atoms. The van der Waals surface area contributed by atoms with Gasteiger partial charge in [0.25, 0.3) is 0 Å². The minimum atomic E-state index is -4.71. The summed E-state index contributed by atoms with van der Waals surface area (Å²) >= 11 is 0. The van der Waals surface area contributed by atoms with E-state index in [1.54, 1.807) is 0 Å². The maximum atomic E-state index is 11.6. The molecule has 29 heavy (non-hydrogen) atoms. The van der Waals surface area contributed by atoms with Crippen molar-refractivity contribution < 1.29 is 28.1 Å². The van der Waals surface area contributed by atoms with E-state index in [2.05, 4.69) is 22.6 Å². The van der Waals surface area contributed by atoms with E-state index >= 15 is 0 Å². The van der Waals surface area contributed by atoms with Gasteiger partial charge in [0, 0.05) is 12.0 Å². The van der Waals surface area contributed by atoms with Crippen molar-refractivity contribution in [1.29, 1.82) is 0 Å². The van der Waals surface area contributed by atoms with E-state index in [9.17, 15) is 19.0 Å². The maximum Gasteiger partial charge on any atom is 0.589 e. The van der Waals surface area contributed by atoms with E-state index in [1.165, 1.54) is 77.6 Å². The van der Waals surface area contributed by atoms with Gasteiger partial charge in [0.2, 0.25) is 0 Å². The number of rotatable bonds is 19. The van der Waals surface area contributed by atoms with Crippen LogP contribution in [0.2, 0.25) is 0 Å². The molecule has 0 rings (SSSR count). The summed E-state index contributed by atoms with van der Waals surface area (Å²) in [6, 6.07) is 0. The van der Waals surface area contributed by atoms with Crippen LogP contribution < -0.4 is 0 Å². The maximum absolute atomic E-state index is 11.6. The van der Waals surface area contributed by atoms with E-state index in [-0.39, 0.29) is 12.0 Å². The third-order valence-corrected chi connectivity index (χ3v) is 5.58. The van der Waals surface area contributed by atoms with Gasteiger partial charge >= 0.3 is 19.8 Å². The zero-order valence-corrected chi connectivity index (χ0v) is 19.4. The largest absolute Gasteiger partial charge is 0.589 e. The molecule has 1 unspecified atom stereocenters. The summed E-state index contributed by atoms with van der Waals surface area (Å²) in [5.41, 5.74) is -0.0438. The molecule has 0 heterocycles. The summed E-state index contributed by atoms with van der Waals surface area (Å²) in [5, 5.41) is 0. The van der Waals surface area contributed by atoms with Crippen LogP contribution in [0.5, 0.6) is 0 Å². The van der Waals surface area contributed by atoms with Gasteiger partial charge in [0.1, 0.15) is 0 Å². The first-order chi connectivity index (χ1) is 13.8. The number of phosphoric acid groups is 1. The van der Waals surface area contributed by atoms with Gasteiger partial charge in [-0.1, -0.05) is 103 Å². The summed E-state index contributed by atoms with van der Waals surface area (Å²) in [4.78, 5) is 32.1. The average Bonchev–Trinajstić information content (AvgIpc) is 2.63. The molecule has 0 aromatic rings. The highest BCUT2D eigenvalue weighted by molar-refractivity contribution is 7.48. The van der Waals surface area contributed by atoms with Gasteiger partial charge in [-0.15, -0.1) is 0 Å². The molecule has 0 amide bonds. The molecular weight excluding hydrogens is 391 g/mol. The van der Waals surface area contributed by atoms with Crippen LogP contribution in [0.25, 0.3) is 0 Å². The normalized spacial score (nSPS) is 12.9. The quantitative estimate of drug-likeness (QED) is 0.134. The first-order valence-corrected chi connectivity index (χ1v) is 12.7. The van der Waals surface area contributed by atoms with Crippen LogP contribution in [-0.4, -0.2) is 16.8 Å². The Kier molecular flexibility index (Phi) is 17.0. The summed E-state index contributed by atoms with van der Waals surface area (Å²) in [7, 11) is -4.71. The van der Waals surface area contributed by atoms with Crippen LogP contribution in [0, 0.1) is 0 Å². The highest BCUT2D eigenvalue weighted by Crippen LogP contribution is 2.44. The number of hydrogen-bond acceptors (Lipinski definition) is 5. The molecule has 1 atom stereocenters. The Morgan fingerprint density at radius 3 is 1.52 bits per heavy atom. The lowest BCUT2D eigenvalue weighted by atomic mass is 10.0. The van der Waals surface area contributed by atoms with Crippen LogP contribution in [0.1, 0.15) is 117 Å². The molecule has 0 radical (unpaired) electrons. The van der Waals surface area contributed by atoms with Crippen molar-refractivity contribution in [3.63, 3.8) is 0 Å². The van der Waals surface area contributed by atoms with E-state index < -0.39 is 19.8 Å². The predicted octanol–water partition coefficient (Wildman–Crippen LogP) is 7.01. The second-order valence-electron chi connectivity index (χ2n) is 7.79. The smallest absolute Gasteiger partial charge is 0.361 e. The van der Waals surface area contributed by atoms with Gasteiger partial charge < -0.3 is 9.05 Å². The lowest BCUT2D eigenvalue weighted by Crippen LogP contribution is -2.09. The Bertz CT molecular complexity index is 517. The number of unbranched alkanes of at least 4 members (excludes halogenated alkanes) is 14. The summed E-state index contributed by atoms with van der Waals surface area (Å²) in [5.74, 6) is -1.89. The van der Waals surface area contributed by atoms with Gasteiger partial charge in [-0.05, 0) is 13.3 Å². The van der Waals surface area contributed by atoms with Crippen molar-refractivity contribution in [3.05, 3.63) is 12.2 Å². The summed E-state index contributed by atoms with van der Waals surface area (Å²) in [6.07, 6.45) is 18.3. The van der Waals surface area contributed by atoms with Crippen molar-refractivity contribution >= 4 is 19.8 Å². The highest BCUT2D eigenvalue weighted by atomic mass is 31.2. The first-order valence-electron chi connectivity index (χ1n) is 11.2. The lowest BCUT2D eigenvalue weighted by molar-refractivity contribution is -0.138. The molecule has 170 valence electrons. The van der Waals surface area contributed by atoms with Crippen molar-refractivity contribution in [2.24, 2.45) is 0 Å². The van der Waals surface area contributed by atoms with Crippen molar-refractivity contribution in [3.8, 4) is 0 Å². The van der Waals surface area contributed by atoms with Crippen molar-refractivity contribution in [1.82, 2.24) is 0 Å². The zero-order chi connectivity index (χ0) is 22.0. The average molecular weight is 433 g/mol. The van der Waals surface area contributed by atoms with Crippen LogP contribution in [0.15, 0.2) is 12.2 Å². The minimum absolute atomic E-state index is 0.0351. The van der Waals surface area contributed by atoms with Crippen molar-refractivity contribution in [2.75, 3.05) is 0 Å². The summed E-state index contributed by atoms with van der Waals surface area (Å²) < 4.78 is 20.1. The molecule has 0 fully saturated rings. The molecule has 0 aliphatic carbocycles. The van der Waals surface area contributed by atoms with E-state index in [1.807, 2.05) is 0 Å². The molecule has 0 spiro atoms. The van der Waals surface area contributed by atoms with Crippen molar-refractivity contribution in [2.45, 2.75) is 117 Å². The molecule has 0 aliphatic rings. The van der Waals surface area contributed by atoms with Crippen LogP contribution in [0.4, 0.5) is 0 Å². The molecule has 0 saturated heterocycles. The third-order valence-electron chi connectivity index (χ3n) is 4.75. The molecule has 0 aliphatic heterocycles. The number of carbonyl (C=O) groups is 2. The summed E-state index contributed by atoms with van der Waals surface area (Å²) in [6.45, 7) is 6.87. The Balaban J connectivity index is 3.48. The highest BCUT2D eigenvalue weighted by Gasteiger charge is 2.30. The second kappa shape index (κ2) is 17.7. The van der Waals surface area contributed by atoms with Crippen LogP contribution in [-0.2, 0) is 23.2 Å². The monoisotopic (exact) mass is 432 g/mol. The van der Waals surface area contributed by atoms with Gasteiger partial charge in [-0.2, -0.15) is 0 Å².